The molecule has 57 heavy (non-hydrogen) atoms. The Morgan fingerprint density at radius 3 is 1.65 bits per heavy atom. The molecule has 3 rings (SSSR count). The van der Waals surface area contributed by atoms with Crippen LogP contribution in [-0.2, 0) is 42.0 Å². The van der Waals surface area contributed by atoms with Crippen LogP contribution in [0.15, 0.2) is 82.5 Å². The number of nitrogens with one attached hydrogen (secondary N) is 3. The van der Waals surface area contributed by atoms with Gasteiger partial charge in [0.15, 0.2) is 12.4 Å². The summed E-state index contributed by atoms with van der Waals surface area (Å²) in [4.78, 5) is 52.3. The van der Waals surface area contributed by atoms with Crippen molar-refractivity contribution in [1.82, 2.24) is 19.7 Å². The zero-order valence-electron chi connectivity index (χ0n) is 33.4. The number of alkyl halides is 1. The van der Waals surface area contributed by atoms with Crippen molar-refractivity contribution in [3.8, 4) is 11.5 Å². The van der Waals surface area contributed by atoms with Gasteiger partial charge in [0, 0.05) is 24.8 Å². The molecule has 1 aromatic heterocycles. The van der Waals surface area contributed by atoms with E-state index in [-0.39, 0.29) is 11.5 Å². The monoisotopic (exact) mass is 842 g/mol. The lowest BCUT2D eigenvalue weighted by Crippen LogP contribution is -2.49. The van der Waals surface area contributed by atoms with Crippen LogP contribution in [0, 0.1) is 11.3 Å². The fourth-order valence-corrected chi connectivity index (χ4v) is 8.30. The molecule has 1 heterocycles. The average Bonchev–Trinajstić information content (AvgIpc) is 3.14. The van der Waals surface area contributed by atoms with Crippen LogP contribution in [0.1, 0.15) is 61.6 Å². The molecule has 0 amide bonds. The maximum absolute atomic E-state index is 17.4. The summed E-state index contributed by atoms with van der Waals surface area (Å²) in [5, 5.41) is 5.13. The number of carbonyl (C=O) groups excluding carboxylic acids is 2. The number of esters is 2. The third kappa shape index (κ3) is 14.0. The first kappa shape index (κ1) is 47.2. The predicted octanol–water partition coefficient (Wildman–Crippen LogP) is 5.93. The molecule has 3 N–H and O–H groups in total. The summed E-state index contributed by atoms with van der Waals surface area (Å²) in [7, 11) is -7.93. The van der Waals surface area contributed by atoms with E-state index < -0.39 is 99.9 Å². The minimum absolute atomic E-state index is 0.0809. The maximum atomic E-state index is 17.4. The van der Waals surface area contributed by atoms with Crippen LogP contribution < -0.4 is 30.5 Å². The molecule has 0 aliphatic heterocycles. The predicted molar refractivity (Wildman–Crippen MR) is 208 cm³/mol. The van der Waals surface area contributed by atoms with Gasteiger partial charge in [0.1, 0.15) is 23.6 Å². The van der Waals surface area contributed by atoms with E-state index in [0.29, 0.717) is 0 Å². The lowest BCUT2D eigenvalue weighted by molar-refractivity contribution is -0.150. The topological polar surface area (TPSA) is 212 Å². The Hall–Kier alpha value is -4.15. The van der Waals surface area contributed by atoms with Gasteiger partial charge in [-0.1, -0.05) is 50.2 Å². The van der Waals surface area contributed by atoms with E-state index in [1.165, 1.54) is 52.0 Å². The van der Waals surface area contributed by atoms with E-state index in [2.05, 4.69) is 15.2 Å². The van der Waals surface area contributed by atoms with Crippen LogP contribution >= 0.6 is 15.5 Å². The van der Waals surface area contributed by atoms with E-state index >= 15 is 4.39 Å². The third-order valence-corrected chi connectivity index (χ3v) is 11.7. The number of methoxy groups -OCH3 is 1. The highest BCUT2D eigenvalue weighted by Crippen LogP contribution is 2.51. The van der Waals surface area contributed by atoms with Gasteiger partial charge in [-0.15, -0.1) is 0 Å². The molecule has 5 unspecified atom stereocenters. The van der Waals surface area contributed by atoms with Crippen molar-refractivity contribution >= 4 is 27.4 Å². The summed E-state index contributed by atoms with van der Waals surface area (Å²) >= 11 is 0. The molecule has 8 atom stereocenters. The molecule has 0 aliphatic carbocycles. The summed E-state index contributed by atoms with van der Waals surface area (Å²) in [6, 6.07) is 14.4. The summed E-state index contributed by atoms with van der Waals surface area (Å²) in [5.41, 5.74) is -3.62. The quantitative estimate of drug-likeness (QED) is 0.0746. The number of aromatic amines is 1. The van der Waals surface area contributed by atoms with E-state index in [9.17, 15) is 28.3 Å². The van der Waals surface area contributed by atoms with Crippen molar-refractivity contribution in [1.29, 1.82) is 0 Å². The maximum Gasteiger partial charge on any atom is 0.459 e. The first-order chi connectivity index (χ1) is 26.7. The lowest BCUT2D eigenvalue weighted by Gasteiger charge is -2.41. The first-order valence-electron chi connectivity index (χ1n) is 18.1. The van der Waals surface area contributed by atoms with Crippen LogP contribution in [0.3, 0.4) is 0 Å². The highest BCUT2D eigenvalue weighted by atomic mass is 31.2. The Bertz CT molecular complexity index is 1970. The van der Waals surface area contributed by atoms with Crippen molar-refractivity contribution in [2.24, 2.45) is 11.3 Å². The van der Waals surface area contributed by atoms with Gasteiger partial charge in [-0.2, -0.15) is 10.2 Å². The van der Waals surface area contributed by atoms with Gasteiger partial charge in [-0.3, -0.25) is 33.0 Å². The van der Waals surface area contributed by atoms with Crippen LogP contribution in [0.2, 0.25) is 0 Å². The van der Waals surface area contributed by atoms with Crippen LogP contribution in [-0.4, -0.2) is 72.3 Å². The molecular formula is C37H53FN4O13P2. The highest BCUT2D eigenvalue weighted by Gasteiger charge is 2.49. The van der Waals surface area contributed by atoms with Crippen molar-refractivity contribution in [2.75, 3.05) is 20.3 Å². The molecule has 316 valence electrons. The van der Waals surface area contributed by atoms with Crippen LogP contribution in [0.25, 0.3) is 0 Å². The number of ether oxygens (including phenoxy) is 3. The summed E-state index contributed by atoms with van der Waals surface area (Å²) in [6.07, 6.45) is -3.90. The normalized spacial score (nSPS) is 17.5. The fraction of sp³-hybridized carbons (Fsp3) is 0.514. The van der Waals surface area contributed by atoms with Gasteiger partial charge >= 0.3 is 33.1 Å². The van der Waals surface area contributed by atoms with Gasteiger partial charge in [0.25, 0.3) is 5.56 Å². The molecule has 0 aliphatic rings. The molecule has 0 bridgehead atoms. The molecule has 0 saturated carbocycles. The summed E-state index contributed by atoms with van der Waals surface area (Å²) in [5.74, 6) is -2.40. The molecule has 0 spiro atoms. The Labute approximate surface area is 331 Å². The number of hydrogen-bond donors (Lipinski definition) is 3. The third-order valence-electron chi connectivity index (χ3n) is 8.46. The molecular weight excluding hydrogens is 789 g/mol. The number of H-pyrrole nitrogens is 1. The minimum Gasteiger partial charge on any atom is -0.462 e. The van der Waals surface area contributed by atoms with Crippen molar-refractivity contribution in [3.63, 3.8) is 0 Å². The first-order valence-corrected chi connectivity index (χ1v) is 21.2. The van der Waals surface area contributed by atoms with Crippen molar-refractivity contribution in [3.05, 3.63) is 93.8 Å². The molecule has 20 heteroatoms. The van der Waals surface area contributed by atoms with E-state index in [1.807, 2.05) is 0 Å². The highest BCUT2D eigenvalue weighted by molar-refractivity contribution is 7.52. The Kier molecular flexibility index (Phi) is 17.4. The number of carbonyl (C=O) groups is 2. The Balaban J connectivity index is 2.07. The average molecular weight is 843 g/mol. The number of hydrogen-bond acceptors (Lipinski definition) is 13. The lowest BCUT2D eigenvalue weighted by atomic mass is 9.74. The zero-order valence-corrected chi connectivity index (χ0v) is 35.2. The number of aromatic nitrogens is 2. The molecule has 0 radical (unpaired) electrons. The van der Waals surface area contributed by atoms with Crippen LogP contribution in [0.4, 0.5) is 4.39 Å². The van der Waals surface area contributed by atoms with E-state index in [0.717, 1.165) is 23.9 Å². The molecule has 17 nitrogen and oxygen atoms in total. The minimum atomic E-state index is -4.59. The zero-order chi connectivity index (χ0) is 42.6. The number of para-hydroxylation sites is 2. The second-order valence-corrected chi connectivity index (χ2v) is 17.4. The number of rotatable bonds is 23. The van der Waals surface area contributed by atoms with Gasteiger partial charge < -0.3 is 23.3 Å². The van der Waals surface area contributed by atoms with E-state index in [4.69, 9.17) is 32.3 Å². The second kappa shape index (κ2) is 21.0. The largest absolute Gasteiger partial charge is 0.462 e. The molecule has 3 aromatic rings. The van der Waals surface area contributed by atoms with Crippen molar-refractivity contribution in [2.45, 2.75) is 92.1 Å². The second-order valence-electron chi connectivity index (χ2n) is 14.0. The number of halogens is 1. The summed E-state index contributed by atoms with van der Waals surface area (Å²) < 4.78 is 86.4. The van der Waals surface area contributed by atoms with Crippen molar-refractivity contribution < 1.29 is 55.4 Å². The molecule has 2 aromatic carbocycles. The molecule has 0 saturated heterocycles. The van der Waals surface area contributed by atoms with Gasteiger partial charge in [-0.25, -0.2) is 18.3 Å². The van der Waals surface area contributed by atoms with E-state index in [1.54, 1.807) is 64.1 Å². The van der Waals surface area contributed by atoms with Gasteiger partial charge in [0.05, 0.1) is 25.4 Å². The SMILES string of the molecule is COC(C(F)[C@@](C)(COP(=O)(N[C@@H](C)C(=O)OC(C)C)Oc1ccccc1)C(C)COP(=O)(N[C@@H](C)C(=O)OC(C)C)Oc1ccccc1)n1ccc(=O)[nH]c1=O. The van der Waals surface area contributed by atoms with Crippen LogP contribution in [0.5, 0.6) is 11.5 Å². The standard InChI is InChI=1S/C37H53FN4O13P2/c1-24(2)52-34(44)27(6)40-56(47,54-29-16-12-10-13-17-29)50-22-26(5)37(8,32(38)33(49-9)42-21-20-31(43)39-36(42)46)23-51-57(48,55-30-18-14-11-15-19-30)41-28(7)35(45)53-25(3)4/h10-21,24-28,32-33H,22-23H2,1-9H3,(H,40,47)(H,41,48)(H,39,43,46)/t26?,27-,28-,32?,33?,37-,56?,57?/m0/s1. The Morgan fingerprint density at radius 1 is 0.772 bits per heavy atom. The fourth-order valence-electron chi connectivity index (χ4n) is 5.11. The van der Waals surface area contributed by atoms with Gasteiger partial charge in [-0.05, 0) is 71.7 Å². The smallest absolute Gasteiger partial charge is 0.459 e. The van der Waals surface area contributed by atoms with Gasteiger partial charge in [0.2, 0.25) is 0 Å². The molecule has 0 fully saturated rings. The number of benzene rings is 2. The Morgan fingerprint density at radius 2 is 1.23 bits per heavy atom. The number of nitrogens with zero attached hydrogens (tertiary/aromatic N) is 1. The summed E-state index contributed by atoms with van der Waals surface area (Å²) in [6.45, 7) is 10.9.